The van der Waals surface area contributed by atoms with Crippen molar-refractivity contribution in [1.29, 1.82) is 0 Å². The molecule has 1 unspecified atom stereocenters. The van der Waals surface area contributed by atoms with E-state index < -0.39 is 21.9 Å². The Labute approximate surface area is 211 Å². The third kappa shape index (κ3) is 5.07. The second kappa shape index (κ2) is 10.0. The van der Waals surface area contributed by atoms with Crippen LogP contribution in [0.1, 0.15) is 29.7 Å². The molecule has 3 heterocycles. The second-order valence-corrected chi connectivity index (χ2v) is 10.7. The van der Waals surface area contributed by atoms with Gasteiger partial charge in [-0.05, 0) is 31.5 Å². The molecule has 1 aliphatic heterocycles. The van der Waals surface area contributed by atoms with Crippen molar-refractivity contribution in [1.82, 2.24) is 25.7 Å². The van der Waals surface area contributed by atoms with E-state index in [0.717, 1.165) is 22.5 Å². The summed E-state index contributed by atoms with van der Waals surface area (Å²) in [6.07, 6.45) is 1.27. The lowest BCUT2D eigenvalue weighted by Gasteiger charge is -2.29. The lowest BCUT2D eigenvalue weighted by Crippen LogP contribution is -2.31. The molecular formula is C21H25N9O4S2. The average Bonchev–Trinajstić information content (AvgIpc) is 3.45. The number of hydrogen-bond donors (Lipinski definition) is 4. The van der Waals surface area contributed by atoms with E-state index in [1.165, 1.54) is 6.34 Å². The van der Waals surface area contributed by atoms with E-state index in [4.69, 9.17) is 9.88 Å². The van der Waals surface area contributed by atoms with Crippen molar-refractivity contribution in [2.45, 2.75) is 24.1 Å². The van der Waals surface area contributed by atoms with E-state index in [1.54, 1.807) is 6.92 Å². The van der Waals surface area contributed by atoms with Crippen LogP contribution in [0.4, 0.5) is 16.6 Å². The number of aromatic nitrogens is 4. The molecule has 0 saturated carbocycles. The highest BCUT2D eigenvalue weighted by Gasteiger charge is 2.37. The molecule has 0 fully saturated rings. The highest BCUT2D eigenvalue weighted by Crippen LogP contribution is 2.42. The van der Waals surface area contributed by atoms with Crippen LogP contribution in [0.25, 0.3) is 0 Å². The van der Waals surface area contributed by atoms with Crippen molar-refractivity contribution in [3.8, 4) is 0 Å². The number of aromatic amines is 1. The number of hydrogen-bond acceptors (Lipinski definition) is 11. The summed E-state index contributed by atoms with van der Waals surface area (Å²) in [5.74, 6) is -0.137. The zero-order chi connectivity index (χ0) is 26.0. The number of benzene rings is 1. The van der Waals surface area contributed by atoms with Gasteiger partial charge in [0.15, 0.2) is 5.82 Å². The smallest absolute Gasteiger partial charge is 0.338 e. The quantitative estimate of drug-likeness (QED) is 0.189. The lowest BCUT2D eigenvalue weighted by atomic mass is 9.82. The van der Waals surface area contributed by atoms with Crippen molar-refractivity contribution in [3.05, 3.63) is 52.5 Å². The molecule has 0 amide bonds. The van der Waals surface area contributed by atoms with E-state index in [-0.39, 0.29) is 16.1 Å². The maximum Gasteiger partial charge on any atom is 0.338 e. The van der Waals surface area contributed by atoms with Crippen LogP contribution >= 0.6 is 11.3 Å². The SMILES string of the molecule is CCOC(=O)C1=C(NC=Nc2nnc(S(N)(=O)=O)s2)Nc2n[nH]c(C)c2C1c1ccc(N(C)C)cc1. The minimum atomic E-state index is -3.98. The molecule has 2 aromatic heterocycles. The summed E-state index contributed by atoms with van der Waals surface area (Å²) in [6, 6.07) is 7.87. The maximum absolute atomic E-state index is 13.2. The molecule has 3 aromatic rings. The Hall–Kier alpha value is -3.82. The van der Waals surface area contributed by atoms with Crippen LogP contribution in [0.15, 0.2) is 45.0 Å². The van der Waals surface area contributed by atoms with Crippen molar-refractivity contribution in [2.75, 3.05) is 30.9 Å². The van der Waals surface area contributed by atoms with E-state index in [9.17, 15) is 13.2 Å². The molecule has 4 rings (SSSR count). The minimum Gasteiger partial charge on any atom is -0.463 e. The largest absolute Gasteiger partial charge is 0.463 e. The summed E-state index contributed by atoms with van der Waals surface area (Å²) in [7, 11) is -0.0756. The first-order valence-electron chi connectivity index (χ1n) is 10.8. The van der Waals surface area contributed by atoms with E-state index >= 15 is 0 Å². The topological polar surface area (TPSA) is 181 Å². The highest BCUT2D eigenvalue weighted by atomic mass is 32.2. The molecule has 0 spiro atoms. The van der Waals surface area contributed by atoms with Gasteiger partial charge in [0.25, 0.3) is 10.0 Å². The number of rotatable bonds is 8. The van der Waals surface area contributed by atoms with Gasteiger partial charge in [0, 0.05) is 31.0 Å². The molecule has 0 radical (unpaired) electrons. The molecule has 1 atom stereocenters. The van der Waals surface area contributed by atoms with Crippen molar-refractivity contribution in [3.63, 3.8) is 0 Å². The van der Waals surface area contributed by atoms with Crippen molar-refractivity contribution < 1.29 is 17.9 Å². The predicted octanol–water partition coefficient (Wildman–Crippen LogP) is 1.56. The number of aliphatic imine (C=N–C) groups is 1. The van der Waals surface area contributed by atoms with Crippen molar-refractivity contribution >= 4 is 50.3 Å². The lowest BCUT2D eigenvalue weighted by molar-refractivity contribution is -0.138. The summed E-state index contributed by atoms with van der Waals surface area (Å²) < 4.78 is 27.9. The van der Waals surface area contributed by atoms with Gasteiger partial charge in [-0.1, -0.05) is 23.5 Å². The van der Waals surface area contributed by atoms with Gasteiger partial charge in [0.2, 0.25) is 9.47 Å². The van der Waals surface area contributed by atoms with Gasteiger partial charge in [0.1, 0.15) is 5.82 Å². The van der Waals surface area contributed by atoms with Crippen LogP contribution in [0.2, 0.25) is 0 Å². The Kier molecular flexibility index (Phi) is 7.05. The molecule has 15 heteroatoms. The van der Waals surface area contributed by atoms with Crippen molar-refractivity contribution in [2.24, 2.45) is 10.1 Å². The van der Waals surface area contributed by atoms with Crippen LogP contribution in [0.5, 0.6) is 0 Å². The number of nitrogens with one attached hydrogen (secondary N) is 3. The zero-order valence-corrected chi connectivity index (χ0v) is 21.6. The predicted molar refractivity (Wildman–Crippen MR) is 136 cm³/mol. The van der Waals surface area contributed by atoms with E-state index in [0.29, 0.717) is 28.5 Å². The molecule has 0 bridgehead atoms. The number of carbonyl (C=O) groups excluding carboxylic acids is 1. The molecule has 0 aliphatic carbocycles. The number of primary sulfonamides is 1. The number of esters is 1. The van der Waals surface area contributed by atoms with Crippen LogP contribution in [-0.4, -0.2) is 61.8 Å². The Morgan fingerprint density at radius 2 is 2.03 bits per heavy atom. The Morgan fingerprint density at radius 3 is 2.64 bits per heavy atom. The van der Waals surface area contributed by atoms with E-state index in [2.05, 4.69) is 36.0 Å². The number of H-pyrrole nitrogens is 1. The Morgan fingerprint density at radius 1 is 1.31 bits per heavy atom. The van der Waals surface area contributed by atoms with Gasteiger partial charge < -0.3 is 20.3 Å². The number of anilines is 2. The number of nitrogens with two attached hydrogens (primary N) is 1. The molecule has 1 aliphatic rings. The van der Waals surface area contributed by atoms with Gasteiger partial charge in [-0.15, -0.1) is 10.2 Å². The number of sulfonamides is 1. The molecule has 5 N–H and O–H groups in total. The van der Waals surface area contributed by atoms with Gasteiger partial charge in [-0.3, -0.25) is 5.10 Å². The van der Waals surface area contributed by atoms with Gasteiger partial charge in [-0.25, -0.2) is 23.3 Å². The van der Waals surface area contributed by atoms with Crippen LogP contribution in [-0.2, 0) is 19.6 Å². The maximum atomic E-state index is 13.2. The molecule has 36 heavy (non-hydrogen) atoms. The first-order chi connectivity index (χ1) is 17.1. The zero-order valence-electron chi connectivity index (χ0n) is 19.9. The van der Waals surface area contributed by atoms with Crippen LogP contribution in [0.3, 0.4) is 0 Å². The molecule has 190 valence electrons. The molecular weight excluding hydrogens is 506 g/mol. The Balaban J connectivity index is 1.76. The summed E-state index contributed by atoms with van der Waals surface area (Å²) in [6.45, 7) is 3.81. The number of aryl methyl sites for hydroxylation is 1. The number of ether oxygens (including phenoxy) is 1. The highest BCUT2D eigenvalue weighted by molar-refractivity contribution is 7.91. The third-order valence-corrected chi connectivity index (χ3v) is 7.49. The standard InChI is InChI=1S/C21H25N9O4S2/c1-5-34-19(31)16-15(12-6-8-13(9-7-12)30(3)4)14-11(2)26-27-18(14)25-17(16)23-10-24-20-28-29-21(35-20)36(22,32)33/h6-10,15H,5H2,1-4H3,(H2,22,32,33)(H,23,24,28)(H2,25,26,27). The first kappa shape index (κ1) is 25.3. The fourth-order valence-corrected chi connectivity index (χ4v) is 4.99. The van der Waals surface area contributed by atoms with E-state index in [1.807, 2.05) is 50.2 Å². The summed E-state index contributed by atoms with van der Waals surface area (Å²) in [5.41, 5.74) is 3.84. The van der Waals surface area contributed by atoms with Crippen LogP contribution < -0.4 is 20.7 Å². The van der Waals surface area contributed by atoms with Gasteiger partial charge >= 0.3 is 5.97 Å². The normalized spacial score (nSPS) is 15.5. The fourth-order valence-electron chi connectivity index (χ4n) is 3.72. The second-order valence-electron chi connectivity index (χ2n) is 7.96. The first-order valence-corrected chi connectivity index (χ1v) is 13.1. The molecule has 13 nitrogen and oxygen atoms in total. The average molecular weight is 532 g/mol. The summed E-state index contributed by atoms with van der Waals surface area (Å²) >= 11 is 0.712. The fraction of sp³-hybridized carbons (Fsp3) is 0.286. The Bertz CT molecular complexity index is 1440. The number of carbonyl (C=O) groups is 1. The third-order valence-electron chi connectivity index (χ3n) is 5.35. The van der Waals surface area contributed by atoms with Gasteiger partial charge in [-0.2, -0.15) is 5.10 Å². The monoisotopic (exact) mass is 531 g/mol. The number of nitrogens with zero attached hydrogens (tertiary/aromatic N) is 5. The minimum absolute atomic E-state index is 0.0627. The molecule has 1 aromatic carbocycles. The molecule has 0 saturated heterocycles. The number of fused-ring (bicyclic) bond motifs is 1. The summed E-state index contributed by atoms with van der Waals surface area (Å²) in [4.78, 5) is 19.3. The van der Waals surface area contributed by atoms with Gasteiger partial charge in [0.05, 0.1) is 24.4 Å². The summed E-state index contributed by atoms with van der Waals surface area (Å²) in [5, 5.41) is 25.8. The van der Waals surface area contributed by atoms with Crippen LogP contribution in [0, 0.1) is 6.92 Å².